The lowest BCUT2D eigenvalue weighted by atomic mass is 9.96. The standard InChI is InChI=1S/C19H19N3O4S/c20-17(23)7-11-10-27-19(21-11)22-18(24)9-25-12-5-6-16-14(8-12)13-3-1-2-4-15(13)26-16/h5-6,8,10H,1-4,7,9H2,(H2,20,23)(H,21,22,24). The summed E-state index contributed by atoms with van der Waals surface area (Å²) in [6, 6.07) is 5.63. The van der Waals surface area contributed by atoms with Gasteiger partial charge in [-0.15, -0.1) is 11.3 Å². The van der Waals surface area contributed by atoms with Crippen molar-refractivity contribution < 1.29 is 18.7 Å². The number of fused-ring (bicyclic) bond motifs is 3. The third kappa shape index (κ3) is 3.95. The van der Waals surface area contributed by atoms with Gasteiger partial charge in [0.1, 0.15) is 17.1 Å². The van der Waals surface area contributed by atoms with Gasteiger partial charge < -0.3 is 14.9 Å². The summed E-state index contributed by atoms with van der Waals surface area (Å²) in [4.78, 5) is 27.1. The summed E-state index contributed by atoms with van der Waals surface area (Å²) in [6.07, 6.45) is 4.38. The molecule has 4 rings (SSSR count). The molecule has 2 amide bonds. The second-order valence-corrected chi connectivity index (χ2v) is 7.35. The van der Waals surface area contributed by atoms with Gasteiger partial charge in [0.05, 0.1) is 12.1 Å². The second-order valence-electron chi connectivity index (χ2n) is 6.49. The molecule has 140 valence electrons. The molecule has 0 radical (unpaired) electrons. The number of carbonyl (C=O) groups is 2. The number of hydrogen-bond donors (Lipinski definition) is 2. The molecule has 8 heteroatoms. The molecule has 7 nitrogen and oxygen atoms in total. The van der Waals surface area contributed by atoms with E-state index in [0.29, 0.717) is 16.6 Å². The molecule has 1 aromatic carbocycles. The Morgan fingerprint density at radius 3 is 3.00 bits per heavy atom. The van der Waals surface area contributed by atoms with Gasteiger partial charge in [-0.25, -0.2) is 4.98 Å². The number of aryl methyl sites for hydroxylation is 2. The number of ether oxygens (including phenoxy) is 1. The van der Waals surface area contributed by atoms with Crippen molar-refractivity contribution in [1.29, 1.82) is 0 Å². The van der Waals surface area contributed by atoms with E-state index in [-0.39, 0.29) is 18.9 Å². The number of nitrogens with zero attached hydrogens (tertiary/aromatic N) is 1. The minimum absolute atomic E-state index is 0.0535. The van der Waals surface area contributed by atoms with Crippen molar-refractivity contribution in [2.75, 3.05) is 11.9 Å². The van der Waals surface area contributed by atoms with Gasteiger partial charge in [0.25, 0.3) is 5.91 Å². The smallest absolute Gasteiger partial charge is 0.264 e. The van der Waals surface area contributed by atoms with Crippen molar-refractivity contribution in [3.8, 4) is 5.75 Å². The van der Waals surface area contributed by atoms with Crippen LogP contribution in [0.1, 0.15) is 29.9 Å². The van der Waals surface area contributed by atoms with Gasteiger partial charge in [0, 0.05) is 22.8 Å². The lowest BCUT2D eigenvalue weighted by Gasteiger charge is -2.09. The number of rotatable bonds is 6. The molecule has 0 saturated heterocycles. The molecule has 0 saturated carbocycles. The Morgan fingerprint density at radius 1 is 1.30 bits per heavy atom. The predicted molar refractivity (Wildman–Crippen MR) is 102 cm³/mol. The number of primary amides is 1. The molecular weight excluding hydrogens is 366 g/mol. The van der Waals surface area contributed by atoms with Crippen LogP contribution < -0.4 is 15.8 Å². The van der Waals surface area contributed by atoms with E-state index in [9.17, 15) is 9.59 Å². The average molecular weight is 385 g/mol. The Kier molecular flexibility index (Phi) is 4.81. The number of aromatic nitrogens is 1. The first-order valence-electron chi connectivity index (χ1n) is 8.78. The highest BCUT2D eigenvalue weighted by Crippen LogP contribution is 2.33. The Balaban J connectivity index is 1.38. The van der Waals surface area contributed by atoms with Crippen molar-refractivity contribution >= 4 is 39.3 Å². The first-order valence-corrected chi connectivity index (χ1v) is 9.66. The molecule has 0 atom stereocenters. The van der Waals surface area contributed by atoms with Crippen LogP contribution in [-0.2, 0) is 28.9 Å². The molecule has 0 unspecified atom stereocenters. The van der Waals surface area contributed by atoms with Crippen LogP contribution in [0.2, 0.25) is 0 Å². The highest BCUT2D eigenvalue weighted by Gasteiger charge is 2.18. The maximum atomic E-state index is 12.1. The van der Waals surface area contributed by atoms with Crippen LogP contribution in [0.3, 0.4) is 0 Å². The van der Waals surface area contributed by atoms with E-state index >= 15 is 0 Å². The third-order valence-corrected chi connectivity index (χ3v) is 5.26. The Hall–Kier alpha value is -2.87. The number of anilines is 1. The molecule has 0 aliphatic heterocycles. The number of nitrogens with two attached hydrogens (primary N) is 1. The van der Waals surface area contributed by atoms with Crippen LogP contribution in [-0.4, -0.2) is 23.4 Å². The van der Waals surface area contributed by atoms with E-state index in [2.05, 4.69) is 10.3 Å². The van der Waals surface area contributed by atoms with E-state index in [0.717, 1.165) is 36.0 Å². The monoisotopic (exact) mass is 385 g/mol. The van der Waals surface area contributed by atoms with Gasteiger partial charge in [-0.05, 0) is 37.5 Å². The normalized spacial score (nSPS) is 13.3. The zero-order valence-electron chi connectivity index (χ0n) is 14.6. The van der Waals surface area contributed by atoms with Gasteiger partial charge in [-0.1, -0.05) is 0 Å². The quantitative estimate of drug-likeness (QED) is 0.678. The average Bonchev–Trinajstić information content (AvgIpc) is 3.23. The summed E-state index contributed by atoms with van der Waals surface area (Å²) in [7, 11) is 0. The molecule has 1 aliphatic rings. The largest absolute Gasteiger partial charge is 0.484 e. The van der Waals surface area contributed by atoms with Crippen LogP contribution in [0.4, 0.5) is 5.13 Å². The second kappa shape index (κ2) is 7.40. The van der Waals surface area contributed by atoms with Gasteiger partial charge >= 0.3 is 0 Å². The number of benzene rings is 1. The number of hydrogen-bond acceptors (Lipinski definition) is 6. The topological polar surface area (TPSA) is 107 Å². The highest BCUT2D eigenvalue weighted by atomic mass is 32.1. The van der Waals surface area contributed by atoms with Crippen LogP contribution in [0.5, 0.6) is 5.75 Å². The summed E-state index contributed by atoms with van der Waals surface area (Å²) < 4.78 is 11.5. The lowest BCUT2D eigenvalue weighted by Crippen LogP contribution is -2.20. The van der Waals surface area contributed by atoms with Gasteiger partial charge in [0.2, 0.25) is 5.91 Å². The maximum Gasteiger partial charge on any atom is 0.264 e. The fourth-order valence-electron chi connectivity index (χ4n) is 3.26. The van der Waals surface area contributed by atoms with Crippen LogP contribution in [0.15, 0.2) is 28.0 Å². The van der Waals surface area contributed by atoms with Gasteiger partial charge in [-0.3, -0.25) is 14.9 Å². The van der Waals surface area contributed by atoms with Crippen LogP contribution in [0.25, 0.3) is 11.0 Å². The highest BCUT2D eigenvalue weighted by molar-refractivity contribution is 7.13. The van der Waals surface area contributed by atoms with Crippen LogP contribution >= 0.6 is 11.3 Å². The molecular formula is C19H19N3O4S. The summed E-state index contributed by atoms with van der Waals surface area (Å²) in [6.45, 7) is -0.129. The van der Waals surface area contributed by atoms with E-state index < -0.39 is 5.91 Å². The Labute approximate surface area is 159 Å². The SMILES string of the molecule is NC(=O)Cc1csc(NC(=O)COc2ccc3oc4c(c3c2)CCCC4)n1. The first kappa shape index (κ1) is 17.5. The number of amides is 2. The van der Waals surface area contributed by atoms with E-state index in [1.165, 1.54) is 23.3 Å². The number of carbonyl (C=O) groups excluding carboxylic acids is 2. The lowest BCUT2D eigenvalue weighted by molar-refractivity contribution is -0.118. The van der Waals surface area contributed by atoms with Crippen molar-refractivity contribution in [3.63, 3.8) is 0 Å². The number of nitrogens with one attached hydrogen (secondary N) is 1. The van der Waals surface area contributed by atoms with Gasteiger partial charge in [-0.2, -0.15) is 0 Å². The van der Waals surface area contributed by atoms with Crippen molar-refractivity contribution in [2.24, 2.45) is 5.73 Å². The zero-order valence-corrected chi connectivity index (χ0v) is 15.4. The van der Waals surface area contributed by atoms with Crippen molar-refractivity contribution in [1.82, 2.24) is 4.98 Å². The summed E-state index contributed by atoms with van der Waals surface area (Å²) >= 11 is 1.24. The zero-order chi connectivity index (χ0) is 18.8. The molecule has 0 spiro atoms. The van der Waals surface area contributed by atoms with Crippen LogP contribution in [0, 0.1) is 0 Å². The fraction of sp³-hybridized carbons (Fsp3) is 0.316. The molecule has 2 aromatic heterocycles. The predicted octanol–water partition coefficient (Wildman–Crippen LogP) is 2.81. The molecule has 0 fully saturated rings. The number of furan rings is 1. The summed E-state index contributed by atoms with van der Waals surface area (Å²) in [5.74, 6) is 0.921. The summed E-state index contributed by atoms with van der Waals surface area (Å²) in [5, 5.41) is 5.84. The Bertz CT molecular complexity index is 1010. The third-order valence-electron chi connectivity index (χ3n) is 4.45. The minimum Gasteiger partial charge on any atom is -0.484 e. The van der Waals surface area contributed by atoms with Gasteiger partial charge in [0.15, 0.2) is 11.7 Å². The molecule has 0 bridgehead atoms. The molecule has 2 heterocycles. The molecule has 3 aromatic rings. The van der Waals surface area contributed by atoms with Crippen molar-refractivity contribution in [2.45, 2.75) is 32.1 Å². The Morgan fingerprint density at radius 2 is 2.15 bits per heavy atom. The van der Waals surface area contributed by atoms with E-state index in [4.69, 9.17) is 14.9 Å². The fourth-order valence-corrected chi connectivity index (χ4v) is 3.99. The van der Waals surface area contributed by atoms with E-state index in [1.807, 2.05) is 12.1 Å². The van der Waals surface area contributed by atoms with Crippen molar-refractivity contribution in [3.05, 3.63) is 40.6 Å². The molecule has 27 heavy (non-hydrogen) atoms. The first-order chi connectivity index (χ1) is 13.1. The maximum absolute atomic E-state index is 12.1. The molecule has 3 N–H and O–H groups in total. The molecule has 1 aliphatic carbocycles. The number of thiazole rings is 1. The van der Waals surface area contributed by atoms with E-state index in [1.54, 1.807) is 11.4 Å². The summed E-state index contributed by atoms with van der Waals surface area (Å²) in [5.41, 5.74) is 7.80. The minimum atomic E-state index is -0.460.